The van der Waals surface area contributed by atoms with Crippen LogP contribution in [0.3, 0.4) is 0 Å². The van der Waals surface area contributed by atoms with Gasteiger partial charge < -0.3 is 34.2 Å². The zero-order chi connectivity index (χ0) is 40.5. The molecular formula is C39H51N5O10S. The third-order valence-electron chi connectivity index (χ3n) is 9.38. The summed E-state index contributed by atoms with van der Waals surface area (Å²) in [5.41, 5.74) is -2.36. The van der Waals surface area contributed by atoms with E-state index in [2.05, 4.69) is 21.9 Å². The summed E-state index contributed by atoms with van der Waals surface area (Å²) in [5.74, 6) is -1.56. The highest BCUT2D eigenvalue weighted by Gasteiger charge is 2.49. The van der Waals surface area contributed by atoms with Crippen molar-refractivity contribution in [3.8, 4) is 22.9 Å². The number of benzene rings is 1. The van der Waals surface area contributed by atoms with Crippen molar-refractivity contribution in [1.29, 1.82) is 0 Å². The SMILES string of the molecule is C=CC[C@](C)(NC(=O)[C@H]1C[C@@H](Oc2nc(-c3ccoc3)c(OC)c3ccccc23)CN1C(=O)[C@@H](NC(=O)OC(C)(C)C)C(C)(C)C)C(=O)NS(=O)(=O)C1CC1. The number of fused-ring (bicyclic) bond motifs is 1. The minimum Gasteiger partial charge on any atom is -0.494 e. The number of furan rings is 1. The number of pyridine rings is 1. The number of carbonyl (C=O) groups excluding carboxylic acids is 4. The molecule has 0 spiro atoms. The fourth-order valence-corrected chi connectivity index (χ4v) is 7.83. The van der Waals surface area contributed by atoms with E-state index in [9.17, 15) is 27.6 Å². The third kappa shape index (κ3) is 9.40. The van der Waals surface area contributed by atoms with Crippen LogP contribution in [0.25, 0.3) is 22.0 Å². The molecule has 2 fully saturated rings. The number of amides is 4. The number of aromatic nitrogens is 1. The molecule has 55 heavy (non-hydrogen) atoms. The van der Waals surface area contributed by atoms with E-state index in [-0.39, 0.29) is 25.3 Å². The first-order valence-corrected chi connectivity index (χ1v) is 19.7. The molecule has 1 saturated heterocycles. The van der Waals surface area contributed by atoms with E-state index in [4.69, 9.17) is 23.6 Å². The van der Waals surface area contributed by atoms with Crippen LogP contribution in [0.1, 0.15) is 74.1 Å². The van der Waals surface area contributed by atoms with E-state index in [0.29, 0.717) is 40.6 Å². The number of hydrogen-bond donors (Lipinski definition) is 3. The number of nitrogens with zero attached hydrogens (tertiary/aromatic N) is 2. The van der Waals surface area contributed by atoms with Gasteiger partial charge in [-0.15, -0.1) is 6.58 Å². The lowest BCUT2D eigenvalue weighted by Gasteiger charge is -2.36. The topological polar surface area (TPSA) is 195 Å². The smallest absolute Gasteiger partial charge is 0.408 e. The molecule has 1 aliphatic heterocycles. The molecule has 5 rings (SSSR count). The number of sulfonamides is 1. The Kier molecular flexibility index (Phi) is 11.6. The molecule has 16 heteroatoms. The van der Waals surface area contributed by atoms with Crippen molar-refractivity contribution in [3.63, 3.8) is 0 Å². The molecule has 3 aromatic rings. The first kappa shape index (κ1) is 41.1. The highest BCUT2D eigenvalue weighted by Crippen LogP contribution is 2.40. The molecule has 2 aromatic heterocycles. The Bertz CT molecular complexity index is 2050. The highest BCUT2D eigenvalue weighted by atomic mass is 32.2. The van der Waals surface area contributed by atoms with Crippen LogP contribution >= 0.6 is 0 Å². The quantitative estimate of drug-likeness (QED) is 0.201. The predicted octanol–water partition coefficient (Wildman–Crippen LogP) is 4.85. The molecule has 1 saturated carbocycles. The number of likely N-dealkylation sites (tertiary alicyclic amines) is 1. The number of nitrogens with one attached hydrogen (secondary N) is 3. The summed E-state index contributed by atoms with van der Waals surface area (Å²) in [6, 6.07) is 6.69. The van der Waals surface area contributed by atoms with E-state index >= 15 is 0 Å². The second-order valence-electron chi connectivity index (χ2n) is 16.3. The molecule has 0 radical (unpaired) electrons. The summed E-state index contributed by atoms with van der Waals surface area (Å²) in [6.07, 6.45) is 3.50. The van der Waals surface area contributed by atoms with Gasteiger partial charge in [-0.25, -0.2) is 18.2 Å². The molecule has 0 bridgehead atoms. The van der Waals surface area contributed by atoms with Crippen LogP contribution in [0.15, 0.2) is 59.9 Å². The van der Waals surface area contributed by atoms with Gasteiger partial charge in [0.25, 0.3) is 5.91 Å². The zero-order valence-corrected chi connectivity index (χ0v) is 33.4. The largest absolute Gasteiger partial charge is 0.494 e. The summed E-state index contributed by atoms with van der Waals surface area (Å²) in [7, 11) is -2.41. The van der Waals surface area contributed by atoms with Gasteiger partial charge in [0.2, 0.25) is 27.7 Å². The molecule has 15 nitrogen and oxygen atoms in total. The fraction of sp³-hybridized carbons (Fsp3) is 0.513. The molecule has 298 valence electrons. The Hall–Kier alpha value is -5.12. The third-order valence-corrected chi connectivity index (χ3v) is 11.2. The van der Waals surface area contributed by atoms with Crippen molar-refractivity contribution in [1.82, 2.24) is 25.2 Å². The minimum atomic E-state index is -3.95. The average Bonchev–Trinajstić information content (AvgIpc) is 3.66. The molecule has 2 aliphatic rings. The van der Waals surface area contributed by atoms with Crippen LogP contribution in [-0.2, 0) is 29.1 Å². The standard InChI is InChI=1S/C39H51N5O10S/c1-10-18-39(8,35(47)43-55(49,50)25-15-16-25)42-32(45)28-20-24(21-44(28)34(46)31(37(2,3)4)41-36(48)54-38(5,6)7)53-33-27-14-12-11-13-26(27)30(51-9)29(40-33)23-17-19-52-22-23/h10-14,17,19,22,24-25,28,31H,1,15-16,18,20-21H2,2-9H3,(H,41,48)(H,42,45)(H,43,47)/t24-,28-,31-,39+/m1/s1. The van der Waals surface area contributed by atoms with Gasteiger partial charge >= 0.3 is 6.09 Å². The Labute approximate surface area is 321 Å². The summed E-state index contributed by atoms with van der Waals surface area (Å²) in [5, 5.41) is 6.06. The van der Waals surface area contributed by atoms with Crippen molar-refractivity contribution in [2.45, 2.75) is 109 Å². The Morgan fingerprint density at radius 2 is 1.73 bits per heavy atom. The van der Waals surface area contributed by atoms with Gasteiger partial charge in [-0.05, 0) is 64.5 Å². The van der Waals surface area contributed by atoms with E-state index in [1.54, 1.807) is 47.6 Å². The number of carbonyl (C=O) groups is 4. The summed E-state index contributed by atoms with van der Waals surface area (Å²) in [4.78, 5) is 61.6. The summed E-state index contributed by atoms with van der Waals surface area (Å²) < 4.78 is 50.7. The summed E-state index contributed by atoms with van der Waals surface area (Å²) >= 11 is 0. The maximum Gasteiger partial charge on any atom is 0.408 e. The highest BCUT2D eigenvalue weighted by molar-refractivity contribution is 7.91. The number of ether oxygens (including phenoxy) is 3. The zero-order valence-electron chi connectivity index (χ0n) is 32.6. The Balaban J connectivity index is 1.52. The van der Waals surface area contributed by atoms with Crippen LogP contribution in [0.2, 0.25) is 0 Å². The second kappa shape index (κ2) is 15.6. The van der Waals surface area contributed by atoms with Crippen LogP contribution in [0.4, 0.5) is 4.79 Å². The van der Waals surface area contributed by atoms with Crippen LogP contribution in [0, 0.1) is 5.41 Å². The van der Waals surface area contributed by atoms with Crippen molar-refractivity contribution in [2.24, 2.45) is 5.41 Å². The molecule has 0 unspecified atom stereocenters. The fourth-order valence-electron chi connectivity index (χ4n) is 6.42. The number of rotatable bonds is 13. The maximum absolute atomic E-state index is 14.6. The number of methoxy groups -OCH3 is 1. The van der Waals surface area contributed by atoms with E-state index in [1.165, 1.54) is 37.5 Å². The van der Waals surface area contributed by atoms with E-state index in [0.717, 1.165) is 0 Å². The Morgan fingerprint density at radius 1 is 1.05 bits per heavy atom. The van der Waals surface area contributed by atoms with Crippen LogP contribution in [-0.4, -0.2) is 90.3 Å². The van der Waals surface area contributed by atoms with Gasteiger partial charge in [-0.2, -0.15) is 0 Å². The van der Waals surface area contributed by atoms with Gasteiger partial charge in [0.05, 0.1) is 31.4 Å². The first-order valence-electron chi connectivity index (χ1n) is 18.1. The molecule has 4 amide bonds. The maximum atomic E-state index is 14.6. The lowest BCUT2D eigenvalue weighted by molar-refractivity contribution is -0.143. The van der Waals surface area contributed by atoms with Gasteiger partial charge in [0, 0.05) is 22.8 Å². The molecule has 1 aliphatic carbocycles. The first-order chi connectivity index (χ1) is 25.7. The molecule has 3 heterocycles. The average molecular weight is 782 g/mol. The van der Waals surface area contributed by atoms with Crippen molar-refractivity contribution in [2.75, 3.05) is 13.7 Å². The monoisotopic (exact) mass is 781 g/mol. The molecule has 3 N–H and O–H groups in total. The number of alkyl carbamates (subject to hydrolysis) is 1. The second-order valence-corrected chi connectivity index (χ2v) is 18.2. The number of hydrogen-bond acceptors (Lipinski definition) is 11. The van der Waals surface area contributed by atoms with Gasteiger partial charge in [-0.1, -0.05) is 45.0 Å². The Morgan fingerprint density at radius 3 is 2.29 bits per heavy atom. The van der Waals surface area contributed by atoms with Gasteiger partial charge in [0.1, 0.15) is 35.0 Å². The van der Waals surface area contributed by atoms with Crippen molar-refractivity contribution >= 4 is 44.6 Å². The predicted molar refractivity (Wildman–Crippen MR) is 205 cm³/mol. The summed E-state index contributed by atoms with van der Waals surface area (Å²) in [6.45, 7) is 15.4. The van der Waals surface area contributed by atoms with E-state index in [1.807, 2.05) is 24.3 Å². The van der Waals surface area contributed by atoms with Gasteiger partial charge in [-0.3, -0.25) is 19.1 Å². The van der Waals surface area contributed by atoms with Crippen LogP contribution < -0.4 is 24.8 Å². The lowest BCUT2D eigenvalue weighted by atomic mass is 9.85. The molecule has 1 aromatic carbocycles. The molecule has 4 atom stereocenters. The van der Waals surface area contributed by atoms with E-state index < -0.39 is 73.8 Å². The molecular weight excluding hydrogens is 731 g/mol. The van der Waals surface area contributed by atoms with Crippen molar-refractivity contribution in [3.05, 3.63) is 55.5 Å². The lowest BCUT2D eigenvalue weighted by Crippen LogP contribution is -2.62. The minimum absolute atomic E-state index is 0.0455. The van der Waals surface area contributed by atoms with Crippen LogP contribution in [0.5, 0.6) is 11.6 Å². The normalized spacial score (nSPS) is 19.2. The van der Waals surface area contributed by atoms with Gasteiger partial charge in [0.15, 0.2) is 5.75 Å². The van der Waals surface area contributed by atoms with Crippen molar-refractivity contribution < 1.29 is 46.2 Å².